The zero-order valence-corrected chi connectivity index (χ0v) is 12.3. The quantitative estimate of drug-likeness (QED) is 0.671. The van der Waals surface area contributed by atoms with Gasteiger partial charge in [-0.3, -0.25) is 0 Å². The summed E-state index contributed by atoms with van der Waals surface area (Å²) in [5.74, 6) is 2.70. The van der Waals surface area contributed by atoms with Crippen molar-refractivity contribution in [1.29, 1.82) is 0 Å². The highest BCUT2D eigenvalue weighted by Crippen LogP contribution is 2.16. The van der Waals surface area contributed by atoms with Crippen molar-refractivity contribution in [3.63, 3.8) is 0 Å². The van der Waals surface area contributed by atoms with Crippen molar-refractivity contribution in [1.82, 2.24) is 15.0 Å². The highest BCUT2D eigenvalue weighted by Gasteiger charge is 2.05. The summed E-state index contributed by atoms with van der Waals surface area (Å²) >= 11 is 1.74. The van der Waals surface area contributed by atoms with Crippen molar-refractivity contribution in [3.8, 4) is 0 Å². The van der Waals surface area contributed by atoms with Gasteiger partial charge in [0.15, 0.2) is 0 Å². The average molecular weight is 274 g/mol. The van der Waals surface area contributed by atoms with E-state index in [2.05, 4.69) is 20.3 Å². The van der Waals surface area contributed by atoms with Gasteiger partial charge in [0.25, 0.3) is 0 Å². The van der Waals surface area contributed by atoms with Crippen LogP contribution in [0.4, 0.5) is 5.82 Å². The van der Waals surface area contributed by atoms with Crippen molar-refractivity contribution in [2.45, 2.75) is 25.8 Å². The van der Waals surface area contributed by atoms with Gasteiger partial charge in [-0.1, -0.05) is 6.07 Å². The first kappa shape index (κ1) is 13.8. The zero-order chi connectivity index (χ0) is 13.7. The molecule has 1 N–H and O–H groups in total. The Morgan fingerprint density at radius 3 is 2.74 bits per heavy atom. The largest absolute Gasteiger partial charge is 0.369 e. The molecule has 0 radical (unpaired) electrons. The van der Waals surface area contributed by atoms with E-state index in [4.69, 9.17) is 0 Å². The molecule has 0 spiro atoms. The smallest absolute Gasteiger partial charge is 0.132 e. The lowest BCUT2D eigenvalue weighted by Gasteiger charge is -2.10. The number of anilines is 1. The van der Waals surface area contributed by atoms with Crippen LogP contribution in [0, 0.1) is 20.8 Å². The molecule has 0 bridgehead atoms. The van der Waals surface area contributed by atoms with E-state index in [0.717, 1.165) is 40.2 Å². The second-order valence-electron chi connectivity index (χ2n) is 4.27. The molecule has 0 atom stereocenters. The monoisotopic (exact) mass is 274 g/mol. The van der Waals surface area contributed by atoms with Gasteiger partial charge in [-0.15, -0.1) is 11.8 Å². The highest BCUT2D eigenvalue weighted by molar-refractivity contribution is 7.99. The number of nitrogens with one attached hydrogen (secondary N) is 1. The van der Waals surface area contributed by atoms with Gasteiger partial charge in [-0.2, -0.15) is 0 Å². The molecule has 2 rings (SSSR count). The highest BCUT2D eigenvalue weighted by atomic mass is 32.2. The molecule has 100 valence electrons. The number of nitrogens with zero attached hydrogens (tertiary/aromatic N) is 3. The minimum atomic E-state index is 0.808. The topological polar surface area (TPSA) is 50.7 Å². The van der Waals surface area contributed by atoms with Gasteiger partial charge in [-0.25, -0.2) is 15.0 Å². The first-order valence-corrected chi connectivity index (χ1v) is 7.25. The van der Waals surface area contributed by atoms with E-state index in [1.54, 1.807) is 11.8 Å². The molecule has 0 aliphatic carbocycles. The van der Waals surface area contributed by atoms with Crippen LogP contribution >= 0.6 is 11.8 Å². The SMILES string of the molecule is Cc1nc(C)c(C)c(NCCSc2ccccn2)n1. The molecular weight excluding hydrogens is 256 g/mol. The maximum atomic E-state index is 4.43. The Hall–Kier alpha value is -1.62. The van der Waals surface area contributed by atoms with Crippen molar-refractivity contribution in [2.24, 2.45) is 0 Å². The van der Waals surface area contributed by atoms with Gasteiger partial charge in [0, 0.05) is 29.8 Å². The molecule has 0 saturated heterocycles. The average Bonchev–Trinajstić information content (AvgIpc) is 2.41. The maximum absolute atomic E-state index is 4.43. The Morgan fingerprint density at radius 1 is 1.16 bits per heavy atom. The summed E-state index contributed by atoms with van der Waals surface area (Å²) < 4.78 is 0. The molecule has 0 aliphatic heterocycles. The maximum Gasteiger partial charge on any atom is 0.132 e. The summed E-state index contributed by atoms with van der Waals surface area (Å²) in [5.41, 5.74) is 2.15. The van der Waals surface area contributed by atoms with Crippen molar-refractivity contribution in [2.75, 3.05) is 17.6 Å². The van der Waals surface area contributed by atoms with E-state index in [1.165, 1.54) is 0 Å². The molecule has 2 aromatic heterocycles. The third kappa shape index (κ3) is 3.92. The van der Waals surface area contributed by atoms with E-state index < -0.39 is 0 Å². The Morgan fingerprint density at radius 2 is 2.00 bits per heavy atom. The number of rotatable bonds is 5. The van der Waals surface area contributed by atoms with Crippen LogP contribution in [0.25, 0.3) is 0 Å². The standard InChI is InChI=1S/C14H18N4S/c1-10-11(2)17-12(3)18-14(10)16-8-9-19-13-6-4-5-7-15-13/h4-7H,8-9H2,1-3H3,(H,16,17,18). The summed E-state index contributed by atoms with van der Waals surface area (Å²) in [7, 11) is 0. The molecule has 2 heterocycles. The van der Waals surface area contributed by atoms with Crippen LogP contribution in [0.3, 0.4) is 0 Å². The van der Waals surface area contributed by atoms with E-state index in [9.17, 15) is 0 Å². The van der Waals surface area contributed by atoms with Crippen LogP contribution in [0.1, 0.15) is 17.1 Å². The summed E-state index contributed by atoms with van der Waals surface area (Å²) in [6, 6.07) is 5.96. The second-order valence-corrected chi connectivity index (χ2v) is 5.39. The third-order valence-corrected chi connectivity index (χ3v) is 3.73. The predicted molar refractivity (Wildman–Crippen MR) is 79.7 cm³/mol. The molecule has 0 saturated carbocycles. The minimum Gasteiger partial charge on any atom is -0.369 e. The molecule has 0 unspecified atom stereocenters. The molecule has 0 aromatic carbocycles. The fraction of sp³-hybridized carbons (Fsp3) is 0.357. The number of aromatic nitrogens is 3. The van der Waals surface area contributed by atoms with Crippen LogP contribution in [0.2, 0.25) is 0 Å². The Balaban J connectivity index is 1.86. The Bertz CT molecular complexity index is 543. The van der Waals surface area contributed by atoms with E-state index in [0.29, 0.717) is 0 Å². The Labute approximate surface area is 118 Å². The van der Waals surface area contributed by atoms with Gasteiger partial charge in [0.1, 0.15) is 11.6 Å². The van der Waals surface area contributed by atoms with Crippen LogP contribution in [0.15, 0.2) is 29.4 Å². The van der Waals surface area contributed by atoms with Crippen LogP contribution in [-0.4, -0.2) is 27.2 Å². The third-order valence-electron chi connectivity index (χ3n) is 2.78. The van der Waals surface area contributed by atoms with E-state index in [-0.39, 0.29) is 0 Å². The normalized spacial score (nSPS) is 10.5. The summed E-state index contributed by atoms with van der Waals surface area (Å²) in [6.07, 6.45) is 1.82. The molecule has 4 nitrogen and oxygen atoms in total. The lowest BCUT2D eigenvalue weighted by molar-refractivity contribution is 0.977. The van der Waals surface area contributed by atoms with Gasteiger partial charge >= 0.3 is 0 Å². The van der Waals surface area contributed by atoms with Crippen molar-refractivity contribution >= 4 is 17.6 Å². The van der Waals surface area contributed by atoms with Crippen LogP contribution in [0.5, 0.6) is 0 Å². The summed E-state index contributed by atoms with van der Waals surface area (Å²) in [5, 5.41) is 4.42. The number of hydrogen-bond acceptors (Lipinski definition) is 5. The lowest BCUT2D eigenvalue weighted by atomic mass is 10.2. The van der Waals surface area contributed by atoms with Gasteiger partial charge in [-0.05, 0) is 32.9 Å². The van der Waals surface area contributed by atoms with Crippen molar-refractivity contribution in [3.05, 3.63) is 41.5 Å². The number of aryl methyl sites for hydroxylation is 2. The summed E-state index contributed by atoms with van der Waals surface area (Å²) in [4.78, 5) is 13.1. The Kier molecular flexibility index (Phi) is 4.74. The molecule has 0 aliphatic rings. The van der Waals surface area contributed by atoms with Gasteiger partial charge < -0.3 is 5.32 Å². The predicted octanol–water partition coefficient (Wildman–Crippen LogP) is 3.00. The van der Waals surface area contributed by atoms with Crippen molar-refractivity contribution < 1.29 is 0 Å². The second kappa shape index (κ2) is 6.52. The van der Waals surface area contributed by atoms with Crippen LogP contribution in [-0.2, 0) is 0 Å². The van der Waals surface area contributed by atoms with E-state index in [1.807, 2.05) is 45.2 Å². The van der Waals surface area contributed by atoms with Gasteiger partial charge in [0.05, 0.1) is 5.03 Å². The molecular formula is C14H18N4S. The number of hydrogen-bond donors (Lipinski definition) is 1. The molecule has 2 aromatic rings. The van der Waals surface area contributed by atoms with E-state index >= 15 is 0 Å². The lowest BCUT2D eigenvalue weighted by Crippen LogP contribution is -2.10. The first-order chi connectivity index (χ1) is 9.16. The molecule has 0 amide bonds. The molecule has 19 heavy (non-hydrogen) atoms. The minimum absolute atomic E-state index is 0.808. The number of pyridine rings is 1. The number of thioether (sulfide) groups is 1. The summed E-state index contributed by atoms with van der Waals surface area (Å²) in [6.45, 7) is 6.83. The molecule has 0 fully saturated rings. The van der Waals surface area contributed by atoms with Gasteiger partial charge in [0.2, 0.25) is 0 Å². The van der Waals surface area contributed by atoms with Crippen LogP contribution < -0.4 is 5.32 Å². The zero-order valence-electron chi connectivity index (χ0n) is 11.5. The molecule has 5 heteroatoms. The fourth-order valence-electron chi connectivity index (χ4n) is 1.70. The first-order valence-electron chi connectivity index (χ1n) is 6.26. The fourth-order valence-corrected chi connectivity index (χ4v) is 2.42.